The Balaban J connectivity index is 2.22. The third-order valence-electron chi connectivity index (χ3n) is 2.52. The Morgan fingerprint density at radius 2 is 2.25 bits per heavy atom. The normalized spacial score (nSPS) is 12.4. The lowest BCUT2D eigenvalue weighted by atomic mass is 10.2. The molecule has 1 atom stereocenters. The van der Waals surface area contributed by atoms with E-state index >= 15 is 0 Å². The summed E-state index contributed by atoms with van der Waals surface area (Å²) in [6.07, 6.45) is 1.68. The first-order valence-electron chi connectivity index (χ1n) is 5.03. The lowest BCUT2D eigenvalue weighted by molar-refractivity contribution is 0.728. The van der Waals surface area contributed by atoms with Crippen LogP contribution in [0.25, 0.3) is 0 Å². The Labute approximate surface area is 98.8 Å². The van der Waals surface area contributed by atoms with Crippen molar-refractivity contribution in [1.29, 1.82) is 0 Å². The molecule has 84 valence electrons. The zero-order valence-electron chi connectivity index (χ0n) is 9.29. The lowest BCUT2D eigenvalue weighted by Crippen LogP contribution is -2.23. The highest BCUT2D eigenvalue weighted by atomic mass is 32.1. The van der Waals surface area contributed by atoms with Crippen LogP contribution < -0.4 is 10.6 Å². The molecule has 0 saturated carbocycles. The molecule has 2 rings (SSSR count). The Kier molecular flexibility index (Phi) is 3.05. The molecule has 2 aromatic rings. The minimum Gasteiger partial charge on any atom is -0.384 e. The third kappa shape index (κ3) is 2.14. The maximum atomic E-state index is 5.64. The quantitative estimate of drug-likeness (QED) is 0.885. The van der Waals surface area contributed by atoms with Crippen LogP contribution >= 0.6 is 11.3 Å². The lowest BCUT2D eigenvalue weighted by Gasteiger charge is -2.23. The van der Waals surface area contributed by atoms with E-state index in [0.29, 0.717) is 11.8 Å². The van der Waals surface area contributed by atoms with Crippen LogP contribution in [0.2, 0.25) is 0 Å². The van der Waals surface area contributed by atoms with Crippen LogP contribution in [-0.4, -0.2) is 17.0 Å². The summed E-state index contributed by atoms with van der Waals surface area (Å²) in [4.78, 5) is 11.7. The molecule has 0 amide bonds. The first kappa shape index (κ1) is 10.9. The standard InChI is InChI=1S/C11H14N4S/c1-8(9-4-3-7-16-9)15(2)11-13-6-5-10(12)14-11/h3-8H,1-2H3,(H2,12,13,14). The van der Waals surface area contributed by atoms with Crippen LogP contribution in [0, 0.1) is 0 Å². The third-order valence-corrected chi connectivity index (χ3v) is 3.56. The molecular formula is C11H14N4S. The highest BCUT2D eigenvalue weighted by Gasteiger charge is 2.15. The molecular weight excluding hydrogens is 220 g/mol. The number of hydrogen-bond donors (Lipinski definition) is 1. The molecule has 1 unspecified atom stereocenters. The molecule has 2 aromatic heterocycles. The van der Waals surface area contributed by atoms with Crippen molar-refractivity contribution in [1.82, 2.24) is 9.97 Å². The smallest absolute Gasteiger partial charge is 0.227 e. The average molecular weight is 234 g/mol. The minimum atomic E-state index is 0.252. The maximum Gasteiger partial charge on any atom is 0.227 e. The Morgan fingerprint density at radius 1 is 1.44 bits per heavy atom. The van der Waals surface area contributed by atoms with Gasteiger partial charge in [-0.25, -0.2) is 4.98 Å². The summed E-state index contributed by atoms with van der Waals surface area (Å²) < 4.78 is 0. The Bertz CT molecular complexity index is 455. The van der Waals surface area contributed by atoms with Gasteiger partial charge < -0.3 is 10.6 Å². The molecule has 0 fully saturated rings. The maximum absolute atomic E-state index is 5.64. The number of anilines is 2. The van der Waals surface area contributed by atoms with Crippen LogP contribution in [0.1, 0.15) is 17.8 Å². The fraction of sp³-hybridized carbons (Fsp3) is 0.273. The summed E-state index contributed by atoms with van der Waals surface area (Å²) in [7, 11) is 1.97. The average Bonchev–Trinajstić information content (AvgIpc) is 2.80. The summed E-state index contributed by atoms with van der Waals surface area (Å²) in [6.45, 7) is 2.12. The highest BCUT2D eigenvalue weighted by Crippen LogP contribution is 2.25. The molecule has 0 aromatic carbocycles. The fourth-order valence-electron chi connectivity index (χ4n) is 1.42. The number of thiophene rings is 1. The highest BCUT2D eigenvalue weighted by molar-refractivity contribution is 7.10. The first-order valence-corrected chi connectivity index (χ1v) is 5.91. The van der Waals surface area contributed by atoms with Crippen molar-refractivity contribution in [2.24, 2.45) is 0 Å². The molecule has 0 bridgehead atoms. The summed E-state index contributed by atoms with van der Waals surface area (Å²) >= 11 is 1.73. The van der Waals surface area contributed by atoms with Crippen molar-refractivity contribution in [2.45, 2.75) is 13.0 Å². The zero-order valence-corrected chi connectivity index (χ0v) is 10.1. The summed E-state index contributed by atoms with van der Waals surface area (Å²) in [6, 6.07) is 6.09. The fourth-order valence-corrected chi connectivity index (χ4v) is 2.25. The number of rotatable bonds is 3. The number of nitrogens with two attached hydrogens (primary N) is 1. The van der Waals surface area contributed by atoms with E-state index in [1.54, 1.807) is 23.6 Å². The molecule has 0 saturated heterocycles. The largest absolute Gasteiger partial charge is 0.384 e. The van der Waals surface area contributed by atoms with E-state index in [4.69, 9.17) is 5.73 Å². The second-order valence-corrected chi connectivity index (χ2v) is 4.56. The first-order chi connectivity index (χ1) is 7.68. The van der Waals surface area contributed by atoms with Crippen LogP contribution in [0.15, 0.2) is 29.8 Å². The second-order valence-electron chi connectivity index (χ2n) is 3.58. The zero-order chi connectivity index (χ0) is 11.5. The van der Waals surface area contributed by atoms with Crippen LogP contribution in [0.5, 0.6) is 0 Å². The van der Waals surface area contributed by atoms with Gasteiger partial charge in [0.2, 0.25) is 5.95 Å². The van der Waals surface area contributed by atoms with Gasteiger partial charge in [-0.1, -0.05) is 6.07 Å². The molecule has 16 heavy (non-hydrogen) atoms. The summed E-state index contributed by atoms with van der Waals surface area (Å²) in [5, 5.41) is 2.07. The van der Waals surface area contributed by atoms with Crippen molar-refractivity contribution in [3.63, 3.8) is 0 Å². The Hall–Kier alpha value is -1.62. The monoisotopic (exact) mass is 234 g/mol. The molecule has 0 spiro atoms. The van der Waals surface area contributed by atoms with E-state index in [9.17, 15) is 0 Å². The van der Waals surface area contributed by atoms with Crippen molar-refractivity contribution >= 4 is 23.1 Å². The molecule has 0 aliphatic heterocycles. The summed E-state index contributed by atoms with van der Waals surface area (Å²) in [5.74, 6) is 1.15. The molecule has 2 heterocycles. The predicted octanol–water partition coefficient (Wildman–Crippen LogP) is 2.32. The number of nitrogens with zero attached hydrogens (tertiary/aromatic N) is 3. The van der Waals surface area contributed by atoms with Gasteiger partial charge in [0.1, 0.15) is 5.82 Å². The Morgan fingerprint density at radius 3 is 2.88 bits per heavy atom. The van der Waals surface area contributed by atoms with Crippen LogP contribution in [-0.2, 0) is 0 Å². The van der Waals surface area contributed by atoms with E-state index in [-0.39, 0.29) is 6.04 Å². The van der Waals surface area contributed by atoms with E-state index in [0.717, 1.165) is 0 Å². The van der Waals surface area contributed by atoms with Crippen molar-refractivity contribution in [3.05, 3.63) is 34.7 Å². The van der Waals surface area contributed by atoms with Crippen molar-refractivity contribution in [3.8, 4) is 0 Å². The molecule has 5 heteroatoms. The van der Waals surface area contributed by atoms with E-state index in [2.05, 4.69) is 28.3 Å². The van der Waals surface area contributed by atoms with Gasteiger partial charge in [-0.2, -0.15) is 4.98 Å². The van der Waals surface area contributed by atoms with E-state index in [1.807, 2.05) is 18.0 Å². The van der Waals surface area contributed by atoms with Gasteiger partial charge in [0.25, 0.3) is 0 Å². The van der Waals surface area contributed by atoms with Gasteiger partial charge >= 0.3 is 0 Å². The van der Waals surface area contributed by atoms with Crippen LogP contribution in [0.3, 0.4) is 0 Å². The number of hydrogen-bond acceptors (Lipinski definition) is 5. The predicted molar refractivity (Wildman–Crippen MR) is 67.6 cm³/mol. The minimum absolute atomic E-state index is 0.252. The van der Waals surface area contributed by atoms with Gasteiger partial charge in [-0.3, -0.25) is 0 Å². The SMILES string of the molecule is CC(c1cccs1)N(C)c1nccc(N)n1. The van der Waals surface area contributed by atoms with Crippen molar-refractivity contribution in [2.75, 3.05) is 17.7 Å². The van der Waals surface area contributed by atoms with Gasteiger partial charge in [0.15, 0.2) is 0 Å². The molecule has 0 radical (unpaired) electrons. The van der Waals surface area contributed by atoms with Gasteiger partial charge in [0, 0.05) is 18.1 Å². The number of aromatic nitrogens is 2. The second kappa shape index (κ2) is 4.49. The molecule has 2 N–H and O–H groups in total. The van der Waals surface area contributed by atoms with E-state index in [1.165, 1.54) is 4.88 Å². The van der Waals surface area contributed by atoms with Gasteiger partial charge in [0.05, 0.1) is 6.04 Å². The summed E-state index contributed by atoms with van der Waals surface area (Å²) in [5.41, 5.74) is 5.64. The molecule has 0 aliphatic carbocycles. The molecule has 4 nitrogen and oxygen atoms in total. The number of nitrogen functional groups attached to an aromatic ring is 1. The van der Waals surface area contributed by atoms with Crippen molar-refractivity contribution < 1.29 is 0 Å². The molecule has 0 aliphatic rings. The van der Waals surface area contributed by atoms with Gasteiger partial charge in [-0.05, 0) is 24.4 Å². The van der Waals surface area contributed by atoms with Gasteiger partial charge in [-0.15, -0.1) is 11.3 Å². The van der Waals surface area contributed by atoms with E-state index < -0.39 is 0 Å². The topological polar surface area (TPSA) is 55.0 Å². The van der Waals surface area contributed by atoms with Crippen LogP contribution in [0.4, 0.5) is 11.8 Å².